The lowest BCUT2D eigenvalue weighted by Gasteiger charge is -2.35. The number of amides is 2. The average Bonchev–Trinajstić information content (AvgIpc) is 2.83. The predicted molar refractivity (Wildman–Crippen MR) is 124 cm³/mol. The van der Waals surface area contributed by atoms with Crippen molar-refractivity contribution in [1.82, 2.24) is 19.8 Å². The van der Waals surface area contributed by atoms with Gasteiger partial charge in [-0.15, -0.1) is 0 Å². The molecule has 1 aliphatic heterocycles. The molecule has 0 spiro atoms. The first kappa shape index (κ1) is 21.7. The van der Waals surface area contributed by atoms with Gasteiger partial charge in [-0.3, -0.25) is 9.59 Å². The molecule has 1 fully saturated rings. The number of aromatic nitrogens is 2. The third-order valence-corrected chi connectivity index (χ3v) is 5.94. The Morgan fingerprint density at radius 3 is 2.41 bits per heavy atom. The fourth-order valence-corrected chi connectivity index (χ4v) is 4.23. The number of rotatable bonds is 4. The van der Waals surface area contributed by atoms with Crippen molar-refractivity contribution in [3.8, 4) is 11.1 Å². The van der Waals surface area contributed by atoms with Crippen molar-refractivity contribution < 1.29 is 9.59 Å². The molecule has 0 N–H and O–H groups in total. The zero-order chi connectivity index (χ0) is 22.7. The Hall–Kier alpha value is -3.54. The molecule has 0 unspecified atom stereocenters. The van der Waals surface area contributed by atoms with Crippen molar-refractivity contribution in [2.24, 2.45) is 0 Å². The van der Waals surface area contributed by atoms with E-state index in [9.17, 15) is 9.59 Å². The van der Waals surface area contributed by atoms with Crippen LogP contribution in [-0.2, 0) is 0 Å². The summed E-state index contributed by atoms with van der Waals surface area (Å²) in [6.45, 7) is 2.48. The number of nitrogens with zero attached hydrogens (tertiary/aromatic N) is 4. The van der Waals surface area contributed by atoms with Crippen molar-refractivity contribution >= 4 is 11.8 Å². The fraction of sp³-hybridized carbons (Fsp3) is 0.308. The second kappa shape index (κ2) is 9.30. The SMILES string of the molecule is Cc1nc([C@@H]2CCCCN2C(=O)c2ccccc2-c2ccccc2)ncc1C(=O)N(C)C. The van der Waals surface area contributed by atoms with Gasteiger partial charge in [-0.2, -0.15) is 0 Å². The van der Waals surface area contributed by atoms with Crippen molar-refractivity contribution in [3.05, 3.63) is 83.4 Å². The normalized spacial score (nSPS) is 16.0. The molecule has 2 amide bonds. The van der Waals surface area contributed by atoms with Gasteiger partial charge in [-0.25, -0.2) is 9.97 Å². The zero-order valence-corrected chi connectivity index (χ0v) is 18.8. The van der Waals surface area contributed by atoms with Crippen molar-refractivity contribution in [3.63, 3.8) is 0 Å². The number of carbonyl (C=O) groups is 2. The van der Waals surface area contributed by atoms with Crippen molar-refractivity contribution in [1.29, 1.82) is 0 Å². The van der Waals surface area contributed by atoms with E-state index in [1.165, 1.54) is 4.90 Å². The van der Waals surface area contributed by atoms with Gasteiger partial charge in [0, 0.05) is 32.4 Å². The molecule has 4 rings (SSSR count). The molecule has 0 bridgehead atoms. The Balaban J connectivity index is 1.68. The van der Waals surface area contributed by atoms with Crippen LogP contribution in [0.25, 0.3) is 11.1 Å². The van der Waals surface area contributed by atoms with Crippen LogP contribution in [0.1, 0.15) is 57.5 Å². The Morgan fingerprint density at radius 1 is 0.969 bits per heavy atom. The van der Waals surface area contributed by atoms with E-state index < -0.39 is 0 Å². The monoisotopic (exact) mass is 428 g/mol. The van der Waals surface area contributed by atoms with Crippen LogP contribution >= 0.6 is 0 Å². The molecule has 1 aliphatic rings. The molecule has 1 atom stereocenters. The molecule has 6 heteroatoms. The summed E-state index contributed by atoms with van der Waals surface area (Å²) in [5, 5.41) is 0. The van der Waals surface area contributed by atoms with Gasteiger partial charge in [0.25, 0.3) is 11.8 Å². The molecule has 0 radical (unpaired) electrons. The fourth-order valence-electron chi connectivity index (χ4n) is 4.23. The molecule has 6 nitrogen and oxygen atoms in total. The number of likely N-dealkylation sites (tertiary alicyclic amines) is 1. The van der Waals surface area contributed by atoms with Gasteiger partial charge in [-0.1, -0.05) is 48.5 Å². The van der Waals surface area contributed by atoms with Gasteiger partial charge in [0.05, 0.1) is 17.3 Å². The molecular formula is C26H28N4O2. The van der Waals surface area contributed by atoms with Gasteiger partial charge < -0.3 is 9.80 Å². The van der Waals surface area contributed by atoms with E-state index in [1.54, 1.807) is 20.3 Å². The van der Waals surface area contributed by atoms with Crippen molar-refractivity contribution in [2.75, 3.05) is 20.6 Å². The topological polar surface area (TPSA) is 66.4 Å². The van der Waals surface area contributed by atoms with Gasteiger partial charge in [0.2, 0.25) is 0 Å². The summed E-state index contributed by atoms with van der Waals surface area (Å²) >= 11 is 0. The van der Waals surface area contributed by atoms with E-state index in [1.807, 2.05) is 66.4 Å². The van der Waals surface area contributed by atoms with Crippen LogP contribution in [0.15, 0.2) is 60.8 Å². The van der Waals surface area contributed by atoms with E-state index in [0.717, 1.165) is 30.4 Å². The molecule has 1 aromatic heterocycles. The van der Waals surface area contributed by atoms with E-state index in [4.69, 9.17) is 0 Å². The third kappa shape index (κ3) is 4.26. The lowest BCUT2D eigenvalue weighted by molar-refractivity contribution is 0.0599. The Morgan fingerprint density at radius 2 is 1.69 bits per heavy atom. The first-order valence-corrected chi connectivity index (χ1v) is 11.0. The largest absolute Gasteiger partial charge is 0.345 e. The zero-order valence-electron chi connectivity index (χ0n) is 18.8. The minimum absolute atomic E-state index is 0.0103. The third-order valence-electron chi connectivity index (χ3n) is 5.94. The Bertz CT molecular complexity index is 1130. The van der Waals surface area contributed by atoms with E-state index >= 15 is 0 Å². The van der Waals surface area contributed by atoms with Crippen LogP contribution in [-0.4, -0.2) is 52.2 Å². The lowest BCUT2D eigenvalue weighted by atomic mass is 9.95. The smallest absolute Gasteiger partial charge is 0.256 e. The summed E-state index contributed by atoms with van der Waals surface area (Å²) in [5.41, 5.74) is 3.75. The highest BCUT2D eigenvalue weighted by molar-refractivity contribution is 6.01. The van der Waals surface area contributed by atoms with Gasteiger partial charge in [-0.05, 0) is 43.4 Å². The minimum Gasteiger partial charge on any atom is -0.345 e. The lowest BCUT2D eigenvalue weighted by Crippen LogP contribution is -2.39. The maximum absolute atomic E-state index is 13.7. The average molecular weight is 429 g/mol. The number of hydrogen-bond donors (Lipinski definition) is 0. The number of aryl methyl sites for hydroxylation is 1. The van der Waals surface area contributed by atoms with Gasteiger partial charge >= 0.3 is 0 Å². The highest BCUT2D eigenvalue weighted by Gasteiger charge is 2.32. The maximum atomic E-state index is 13.7. The summed E-state index contributed by atoms with van der Waals surface area (Å²) in [6.07, 6.45) is 4.36. The first-order chi connectivity index (χ1) is 15.5. The van der Waals surface area contributed by atoms with E-state index in [-0.39, 0.29) is 17.9 Å². The molecule has 1 saturated heterocycles. The Labute approximate surface area is 188 Å². The number of benzene rings is 2. The summed E-state index contributed by atoms with van der Waals surface area (Å²) < 4.78 is 0. The summed E-state index contributed by atoms with van der Waals surface area (Å²) in [6, 6.07) is 17.5. The summed E-state index contributed by atoms with van der Waals surface area (Å²) in [5.74, 6) is 0.467. The number of piperidine rings is 1. The predicted octanol–water partition coefficient (Wildman–Crippen LogP) is 4.52. The van der Waals surface area contributed by atoms with Crippen LogP contribution < -0.4 is 0 Å². The minimum atomic E-state index is -0.206. The molecule has 32 heavy (non-hydrogen) atoms. The van der Waals surface area contributed by atoms with Crippen LogP contribution in [0.5, 0.6) is 0 Å². The highest BCUT2D eigenvalue weighted by Crippen LogP contribution is 2.33. The molecule has 164 valence electrons. The molecule has 2 aromatic carbocycles. The Kier molecular flexibility index (Phi) is 6.30. The quantitative estimate of drug-likeness (QED) is 0.613. The van der Waals surface area contributed by atoms with E-state index in [0.29, 0.717) is 29.2 Å². The van der Waals surface area contributed by atoms with Crippen LogP contribution in [0, 0.1) is 6.92 Å². The summed E-state index contributed by atoms with van der Waals surface area (Å²) in [4.78, 5) is 38.7. The van der Waals surface area contributed by atoms with Crippen LogP contribution in [0.2, 0.25) is 0 Å². The molecule has 0 saturated carbocycles. The van der Waals surface area contributed by atoms with Gasteiger partial charge in [0.15, 0.2) is 5.82 Å². The van der Waals surface area contributed by atoms with Crippen LogP contribution in [0.4, 0.5) is 0 Å². The molecule has 0 aliphatic carbocycles. The number of carbonyl (C=O) groups excluding carboxylic acids is 2. The maximum Gasteiger partial charge on any atom is 0.256 e. The standard InChI is InChI=1S/C26H28N4O2/c1-18-22(25(31)29(2)3)17-27-24(28-18)23-15-9-10-16-30(23)26(32)21-14-8-7-13-20(21)19-11-5-4-6-12-19/h4-8,11-14,17,23H,9-10,15-16H2,1-3H3/t23-/m0/s1. The first-order valence-electron chi connectivity index (χ1n) is 11.0. The second-order valence-electron chi connectivity index (χ2n) is 8.35. The summed E-state index contributed by atoms with van der Waals surface area (Å²) in [7, 11) is 3.42. The molecule has 2 heterocycles. The number of hydrogen-bond acceptors (Lipinski definition) is 4. The van der Waals surface area contributed by atoms with E-state index in [2.05, 4.69) is 9.97 Å². The van der Waals surface area contributed by atoms with Crippen LogP contribution in [0.3, 0.4) is 0 Å². The highest BCUT2D eigenvalue weighted by atomic mass is 16.2. The van der Waals surface area contributed by atoms with Gasteiger partial charge in [0.1, 0.15) is 0 Å². The molecule has 3 aromatic rings. The molecular weight excluding hydrogens is 400 g/mol. The van der Waals surface area contributed by atoms with Crippen molar-refractivity contribution in [2.45, 2.75) is 32.2 Å². The second-order valence-corrected chi connectivity index (χ2v) is 8.35.